The average Bonchev–Trinajstić information content (AvgIpc) is 2.84. The van der Waals surface area contributed by atoms with Crippen LogP contribution in [0.25, 0.3) is 0 Å². The summed E-state index contributed by atoms with van der Waals surface area (Å²) in [6.45, 7) is 0. The van der Waals surface area contributed by atoms with Crippen LogP contribution in [0.1, 0.15) is 19.3 Å². The molecule has 0 aromatic heterocycles. The number of hydrogen-bond acceptors (Lipinski definition) is 3. The van der Waals surface area contributed by atoms with Crippen LogP contribution in [0.3, 0.4) is 0 Å². The zero-order valence-electron chi connectivity index (χ0n) is 7.31. The molecule has 3 heterocycles. The lowest BCUT2D eigenvalue weighted by atomic mass is 9.98. The monoisotopic (exact) mass is 180 g/mol. The van der Waals surface area contributed by atoms with Crippen molar-refractivity contribution in [3.8, 4) is 0 Å². The van der Waals surface area contributed by atoms with Crippen molar-refractivity contribution in [2.75, 3.05) is 0 Å². The Morgan fingerprint density at radius 3 is 3.15 bits per heavy atom. The van der Waals surface area contributed by atoms with Gasteiger partial charge in [0.25, 0.3) is 0 Å². The Morgan fingerprint density at radius 2 is 2.23 bits per heavy atom. The second kappa shape index (κ2) is 2.58. The van der Waals surface area contributed by atoms with Gasteiger partial charge in [-0.15, -0.1) is 0 Å². The molecule has 0 radical (unpaired) electrons. The van der Waals surface area contributed by atoms with Crippen molar-refractivity contribution in [2.45, 2.75) is 37.6 Å². The van der Waals surface area contributed by atoms with Crippen molar-refractivity contribution in [3.63, 3.8) is 0 Å². The van der Waals surface area contributed by atoms with E-state index in [1.54, 1.807) is 0 Å². The minimum atomic E-state index is -0.0562. The van der Waals surface area contributed by atoms with E-state index in [0.717, 1.165) is 19.3 Å². The topological polar surface area (TPSA) is 38.8 Å². The van der Waals surface area contributed by atoms with Gasteiger partial charge in [0.2, 0.25) is 0 Å². The molecule has 0 unspecified atom stereocenters. The zero-order chi connectivity index (χ0) is 8.84. The molecule has 2 saturated heterocycles. The minimum Gasteiger partial charge on any atom is -0.458 e. The molecule has 2 fully saturated rings. The Balaban J connectivity index is 1.94. The van der Waals surface area contributed by atoms with Crippen molar-refractivity contribution < 1.29 is 14.3 Å². The molecule has 3 heteroatoms. The van der Waals surface area contributed by atoms with Gasteiger partial charge in [-0.25, -0.2) is 0 Å². The van der Waals surface area contributed by atoms with Crippen LogP contribution in [0.5, 0.6) is 0 Å². The molecular formula is C10H12O3. The summed E-state index contributed by atoms with van der Waals surface area (Å²) >= 11 is 0. The van der Waals surface area contributed by atoms with Gasteiger partial charge in [0, 0.05) is 0 Å². The normalized spacial score (nSPS) is 47.2. The molecule has 0 aromatic rings. The second-order valence-corrected chi connectivity index (χ2v) is 3.96. The molecule has 0 saturated carbocycles. The van der Waals surface area contributed by atoms with Crippen molar-refractivity contribution in [3.05, 3.63) is 12.2 Å². The van der Waals surface area contributed by atoms with Crippen LogP contribution in [0.4, 0.5) is 0 Å². The molecule has 3 nitrogen and oxygen atoms in total. The number of rotatable bonds is 0. The summed E-state index contributed by atoms with van der Waals surface area (Å²) in [5, 5.41) is 0. The molecule has 2 bridgehead atoms. The van der Waals surface area contributed by atoms with Gasteiger partial charge >= 0.3 is 5.97 Å². The van der Waals surface area contributed by atoms with Gasteiger partial charge in [0.1, 0.15) is 18.3 Å². The fourth-order valence-electron chi connectivity index (χ4n) is 2.23. The summed E-state index contributed by atoms with van der Waals surface area (Å²) in [6.07, 6.45) is 7.29. The van der Waals surface area contributed by atoms with E-state index < -0.39 is 0 Å². The minimum absolute atomic E-state index is 0.0000463. The van der Waals surface area contributed by atoms with Crippen LogP contribution < -0.4 is 0 Å². The molecule has 70 valence electrons. The molecule has 0 spiro atoms. The third kappa shape index (κ3) is 1.18. The Morgan fingerprint density at radius 1 is 1.31 bits per heavy atom. The van der Waals surface area contributed by atoms with Gasteiger partial charge in [0.15, 0.2) is 0 Å². The maximum absolute atomic E-state index is 11.5. The molecule has 0 N–H and O–H groups in total. The molecule has 0 aromatic carbocycles. The first-order valence-electron chi connectivity index (χ1n) is 4.89. The van der Waals surface area contributed by atoms with Crippen LogP contribution >= 0.6 is 0 Å². The Labute approximate surface area is 76.7 Å². The van der Waals surface area contributed by atoms with Crippen molar-refractivity contribution in [1.29, 1.82) is 0 Å². The van der Waals surface area contributed by atoms with Crippen LogP contribution in [-0.2, 0) is 14.3 Å². The molecule has 3 aliphatic heterocycles. The molecule has 4 atom stereocenters. The maximum atomic E-state index is 11.5. The number of ether oxygens (including phenoxy) is 2. The molecule has 13 heavy (non-hydrogen) atoms. The summed E-state index contributed by atoms with van der Waals surface area (Å²) in [7, 11) is 0. The number of hydrogen-bond donors (Lipinski definition) is 0. The Kier molecular flexibility index (Phi) is 1.50. The second-order valence-electron chi connectivity index (χ2n) is 3.96. The summed E-state index contributed by atoms with van der Waals surface area (Å²) in [5.74, 6) is -0.0562. The lowest BCUT2D eigenvalue weighted by Crippen LogP contribution is -2.25. The van der Waals surface area contributed by atoms with Crippen LogP contribution in [-0.4, -0.2) is 24.3 Å². The Hall–Kier alpha value is -0.830. The average molecular weight is 180 g/mol. The third-order valence-corrected chi connectivity index (χ3v) is 3.05. The smallest absolute Gasteiger partial charge is 0.312 e. The van der Waals surface area contributed by atoms with E-state index in [1.165, 1.54) is 0 Å². The maximum Gasteiger partial charge on any atom is 0.312 e. The van der Waals surface area contributed by atoms with Crippen molar-refractivity contribution in [2.24, 2.45) is 5.92 Å². The molecule has 3 rings (SSSR count). The highest BCUT2D eigenvalue weighted by Crippen LogP contribution is 2.38. The van der Waals surface area contributed by atoms with E-state index in [-0.39, 0.29) is 30.2 Å². The van der Waals surface area contributed by atoms with Gasteiger partial charge in [0.05, 0.1) is 5.92 Å². The first kappa shape index (κ1) is 7.56. The van der Waals surface area contributed by atoms with Crippen LogP contribution in [0, 0.1) is 5.92 Å². The number of esters is 1. The number of carbonyl (C=O) groups excluding carboxylic acids is 1. The first-order valence-corrected chi connectivity index (χ1v) is 4.89. The van der Waals surface area contributed by atoms with Crippen LogP contribution in [0.15, 0.2) is 12.2 Å². The van der Waals surface area contributed by atoms with Gasteiger partial charge in [-0.05, 0) is 25.3 Å². The van der Waals surface area contributed by atoms with Crippen LogP contribution in [0.2, 0.25) is 0 Å². The van der Waals surface area contributed by atoms with Crippen molar-refractivity contribution in [1.82, 2.24) is 0 Å². The standard InChI is InChI=1S/C10H12O3/c11-10-7-3-1-2-6(12-10)4-5-8-9(7)13-8/h4-9H,1-3H2/t6-,7+,8-,9+/m1/s1. The summed E-state index contributed by atoms with van der Waals surface area (Å²) in [4.78, 5) is 11.5. The van der Waals surface area contributed by atoms with E-state index in [1.807, 2.05) is 12.2 Å². The van der Waals surface area contributed by atoms with Gasteiger partial charge in [-0.3, -0.25) is 4.79 Å². The molecule has 0 aliphatic carbocycles. The predicted octanol–water partition coefficient (Wildman–Crippen LogP) is 1.04. The first-order chi connectivity index (χ1) is 6.34. The number of epoxide rings is 1. The lowest BCUT2D eigenvalue weighted by Gasteiger charge is -2.14. The van der Waals surface area contributed by atoms with Gasteiger partial charge in [-0.1, -0.05) is 6.08 Å². The number of carbonyl (C=O) groups is 1. The van der Waals surface area contributed by atoms with E-state index in [0.29, 0.717) is 0 Å². The van der Waals surface area contributed by atoms with Gasteiger partial charge in [-0.2, -0.15) is 0 Å². The highest BCUT2D eigenvalue weighted by atomic mass is 16.6. The van der Waals surface area contributed by atoms with Crippen molar-refractivity contribution >= 4 is 5.97 Å². The highest BCUT2D eigenvalue weighted by Gasteiger charge is 2.49. The fourth-order valence-corrected chi connectivity index (χ4v) is 2.23. The highest BCUT2D eigenvalue weighted by molar-refractivity contribution is 5.74. The molecule has 0 amide bonds. The predicted molar refractivity (Wildman–Crippen MR) is 45.0 cm³/mol. The van der Waals surface area contributed by atoms with Gasteiger partial charge < -0.3 is 9.47 Å². The zero-order valence-corrected chi connectivity index (χ0v) is 7.31. The quantitative estimate of drug-likeness (QED) is 0.317. The number of fused-ring (bicyclic) bond motifs is 5. The largest absolute Gasteiger partial charge is 0.458 e. The lowest BCUT2D eigenvalue weighted by molar-refractivity contribution is -0.151. The fraction of sp³-hybridized carbons (Fsp3) is 0.700. The third-order valence-electron chi connectivity index (χ3n) is 3.05. The summed E-state index contributed by atoms with van der Waals surface area (Å²) < 4.78 is 10.7. The van der Waals surface area contributed by atoms with E-state index in [2.05, 4.69) is 0 Å². The van der Waals surface area contributed by atoms with E-state index in [4.69, 9.17) is 9.47 Å². The SMILES string of the molecule is O=C1O[C@H]2C=C[C@H]3O[C@H]3[C@@H]1CCC2. The van der Waals surface area contributed by atoms with E-state index >= 15 is 0 Å². The summed E-state index contributed by atoms with van der Waals surface area (Å²) in [5.41, 5.74) is 0. The Bertz CT molecular complexity index is 271. The van der Waals surface area contributed by atoms with E-state index in [9.17, 15) is 4.79 Å². The molecular weight excluding hydrogens is 168 g/mol. The summed E-state index contributed by atoms with van der Waals surface area (Å²) in [6, 6.07) is 0. The molecule has 3 aliphatic rings.